The van der Waals surface area contributed by atoms with Crippen LogP contribution in [-0.4, -0.2) is 37.2 Å². The van der Waals surface area contributed by atoms with E-state index < -0.39 is 6.10 Å². The van der Waals surface area contributed by atoms with E-state index in [0.29, 0.717) is 19.3 Å². The van der Waals surface area contributed by atoms with Gasteiger partial charge in [0.15, 0.2) is 6.10 Å². The van der Waals surface area contributed by atoms with E-state index in [4.69, 9.17) is 14.2 Å². The predicted octanol–water partition coefficient (Wildman–Crippen LogP) is 13.1. The van der Waals surface area contributed by atoms with Gasteiger partial charge >= 0.3 is 17.9 Å². The minimum absolute atomic E-state index is 0.0696. The third-order valence-electron chi connectivity index (χ3n) is 9.27. The number of carbonyl (C=O) groups excluding carboxylic acids is 3. The van der Waals surface area contributed by atoms with Crippen molar-refractivity contribution in [1.82, 2.24) is 0 Å². The van der Waals surface area contributed by atoms with Crippen LogP contribution < -0.4 is 0 Å². The number of ether oxygens (including phenoxy) is 3. The van der Waals surface area contributed by atoms with Crippen LogP contribution in [0.15, 0.2) is 12.2 Å². The van der Waals surface area contributed by atoms with Gasteiger partial charge in [-0.1, -0.05) is 174 Å². The summed E-state index contributed by atoms with van der Waals surface area (Å²) in [5, 5.41) is 0. The molecule has 0 N–H and O–H groups in total. The van der Waals surface area contributed by atoms with Crippen LogP contribution in [-0.2, 0) is 28.6 Å². The minimum Gasteiger partial charge on any atom is -0.462 e. The van der Waals surface area contributed by atoms with Gasteiger partial charge in [-0.25, -0.2) is 0 Å². The van der Waals surface area contributed by atoms with Crippen molar-refractivity contribution in [3.8, 4) is 0 Å². The Morgan fingerprint density at radius 2 is 0.673 bits per heavy atom. The first-order chi connectivity index (χ1) is 24.0. The molecule has 0 aliphatic heterocycles. The maximum atomic E-state index is 12.6. The number of unbranched alkanes of at least 4 members (excludes halogenated alkanes) is 25. The number of rotatable bonds is 38. The summed E-state index contributed by atoms with van der Waals surface area (Å²) in [4.78, 5) is 37.4. The zero-order chi connectivity index (χ0) is 35.9. The third kappa shape index (κ3) is 37.2. The summed E-state index contributed by atoms with van der Waals surface area (Å²) in [7, 11) is 0. The van der Waals surface area contributed by atoms with E-state index in [0.717, 1.165) is 64.2 Å². The van der Waals surface area contributed by atoms with Crippen molar-refractivity contribution in [2.45, 2.75) is 232 Å². The molecule has 0 aromatic carbocycles. The molecule has 0 rings (SSSR count). The SMILES string of the molecule is CCCCC/C=C\CCCCCCCC(=O)OCC(COC(=O)CCCCCCCCC)OC(=O)CCCCCCCCCCCCCC. The van der Waals surface area contributed by atoms with Gasteiger partial charge in [-0.15, -0.1) is 0 Å². The Kier molecular flexibility index (Phi) is 37.5. The molecule has 6 nitrogen and oxygen atoms in total. The Morgan fingerprint density at radius 3 is 1.06 bits per heavy atom. The maximum Gasteiger partial charge on any atom is 0.306 e. The van der Waals surface area contributed by atoms with E-state index in [1.54, 1.807) is 0 Å². The number of hydrogen-bond donors (Lipinski definition) is 0. The van der Waals surface area contributed by atoms with Crippen LogP contribution in [0, 0.1) is 0 Å². The average molecular weight is 693 g/mol. The van der Waals surface area contributed by atoms with Gasteiger partial charge in [0, 0.05) is 19.3 Å². The summed E-state index contributed by atoms with van der Waals surface area (Å²) < 4.78 is 16.6. The van der Waals surface area contributed by atoms with E-state index in [1.807, 2.05) is 0 Å². The molecular weight excluding hydrogens is 612 g/mol. The highest BCUT2D eigenvalue weighted by Gasteiger charge is 2.19. The van der Waals surface area contributed by atoms with Crippen molar-refractivity contribution in [3.05, 3.63) is 12.2 Å². The normalized spacial score (nSPS) is 12.0. The first-order valence-electron chi connectivity index (χ1n) is 21.2. The van der Waals surface area contributed by atoms with E-state index in [2.05, 4.69) is 32.9 Å². The summed E-state index contributed by atoms with van der Waals surface area (Å²) >= 11 is 0. The largest absolute Gasteiger partial charge is 0.462 e. The highest BCUT2D eigenvalue weighted by Crippen LogP contribution is 2.14. The maximum absolute atomic E-state index is 12.6. The quantitative estimate of drug-likeness (QED) is 0.0277. The lowest BCUT2D eigenvalue weighted by atomic mass is 10.0. The molecule has 1 unspecified atom stereocenters. The van der Waals surface area contributed by atoms with E-state index in [9.17, 15) is 14.4 Å². The molecule has 0 aromatic heterocycles. The Balaban J connectivity index is 4.32. The van der Waals surface area contributed by atoms with Gasteiger partial charge in [-0.2, -0.15) is 0 Å². The monoisotopic (exact) mass is 693 g/mol. The second-order valence-corrected chi connectivity index (χ2v) is 14.3. The van der Waals surface area contributed by atoms with Crippen molar-refractivity contribution < 1.29 is 28.6 Å². The molecule has 0 heterocycles. The molecule has 0 bridgehead atoms. The molecule has 0 aliphatic rings. The first kappa shape index (κ1) is 47.1. The molecule has 6 heteroatoms. The molecule has 0 radical (unpaired) electrons. The fourth-order valence-electron chi connectivity index (χ4n) is 6.02. The highest BCUT2D eigenvalue weighted by molar-refractivity contribution is 5.71. The van der Waals surface area contributed by atoms with E-state index in [-0.39, 0.29) is 31.1 Å². The molecule has 0 saturated heterocycles. The van der Waals surface area contributed by atoms with Gasteiger partial charge in [0.05, 0.1) is 0 Å². The van der Waals surface area contributed by atoms with Crippen molar-refractivity contribution in [1.29, 1.82) is 0 Å². The van der Waals surface area contributed by atoms with Crippen molar-refractivity contribution in [3.63, 3.8) is 0 Å². The summed E-state index contributed by atoms with van der Waals surface area (Å²) in [6, 6.07) is 0. The molecule has 0 saturated carbocycles. The van der Waals surface area contributed by atoms with Crippen LogP contribution >= 0.6 is 0 Å². The average Bonchev–Trinajstić information content (AvgIpc) is 3.10. The number of hydrogen-bond acceptors (Lipinski definition) is 6. The molecule has 0 fully saturated rings. The molecule has 0 aromatic rings. The van der Waals surface area contributed by atoms with Crippen molar-refractivity contribution in [2.24, 2.45) is 0 Å². The number of carbonyl (C=O) groups is 3. The summed E-state index contributed by atoms with van der Waals surface area (Å²) in [6.45, 7) is 6.55. The van der Waals surface area contributed by atoms with Gasteiger partial charge in [-0.05, 0) is 44.9 Å². The molecule has 49 heavy (non-hydrogen) atoms. The lowest BCUT2D eigenvalue weighted by Gasteiger charge is -2.18. The fraction of sp³-hybridized carbons (Fsp3) is 0.884. The number of allylic oxidation sites excluding steroid dienone is 2. The van der Waals surface area contributed by atoms with Crippen LogP contribution in [0.3, 0.4) is 0 Å². The molecule has 288 valence electrons. The summed E-state index contributed by atoms with van der Waals surface area (Å²) in [5.74, 6) is -0.882. The standard InChI is InChI=1S/C43H80O6/c1-4-7-10-13-16-18-20-22-24-27-30-33-36-42(45)48-39-40(38-47-41(44)35-32-29-26-15-12-9-6-3)49-43(46)37-34-31-28-25-23-21-19-17-14-11-8-5-2/h16,18,40H,4-15,17,19-39H2,1-3H3/b18-16-. The van der Waals surface area contributed by atoms with E-state index in [1.165, 1.54) is 122 Å². The Morgan fingerprint density at radius 1 is 0.388 bits per heavy atom. The van der Waals surface area contributed by atoms with Gasteiger partial charge in [0.1, 0.15) is 13.2 Å². The van der Waals surface area contributed by atoms with Gasteiger partial charge < -0.3 is 14.2 Å². The topological polar surface area (TPSA) is 78.9 Å². The van der Waals surface area contributed by atoms with Gasteiger partial charge in [-0.3, -0.25) is 14.4 Å². The third-order valence-corrected chi connectivity index (χ3v) is 9.27. The Bertz CT molecular complexity index is 763. The predicted molar refractivity (Wildman–Crippen MR) is 206 cm³/mol. The number of esters is 3. The lowest BCUT2D eigenvalue weighted by molar-refractivity contribution is -0.167. The van der Waals surface area contributed by atoms with Crippen LogP contribution in [0.5, 0.6) is 0 Å². The molecule has 0 aliphatic carbocycles. The van der Waals surface area contributed by atoms with Crippen LogP contribution in [0.25, 0.3) is 0 Å². The highest BCUT2D eigenvalue weighted by atomic mass is 16.6. The lowest BCUT2D eigenvalue weighted by Crippen LogP contribution is -2.30. The second-order valence-electron chi connectivity index (χ2n) is 14.3. The minimum atomic E-state index is -0.762. The van der Waals surface area contributed by atoms with Crippen LogP contribution in [0.1, 0.15) is 226 Å². The Labute approximate surface area is 303 Å². The summed E-state index contributed by atoms with van der Waals surface area (Å²) in [5.41, 5.74) is 0. The zero-order valence-electron chi connectivity index (χ0n) is 32.7. The van der Waals surface area contributed by atoms with Crippen LogP contribution in [0.4, 0.5) is 0 Å². The molecule has 0 amide bonds. The fourth-order valence-corrected chi connectivity index (χ4v) is 6.02. The Hall–Kier alpha value is -1.85. The van der Waals surface area contributed by atoms with Gasteiger partial charge in [0.2, 0.25) is 0 Å². The van der Waals surface area contributed by atoms with Crippen LogP contribution in [0.2, 0.25) is 0 Å². The molecule has 0 spiro atoms. The van der Waals surface area contributed by atoms with E-state index >= 15 is 0 Å². The van der Waals surface area contributed by atoms with Crippen molar-refractivity contribution >= 4 is 17.9 Å². The first-order valence-corrected chi connectivity index (χ1v) is 21.2. The molecule has 1 atom stereocenters. The summed E-state index contributed by atoms with van der Waals surface area (Å²) in [6.07, 6.45) is 39.1. The zero-order valence-corrected chi connectivity index (χ0v) is 32.7. The molecular formula is C43H80O6. The van der Waals surface area contributed by atoms with Crippen molar-refractivity contribution in [2.75, 3.05) is 13.2 Å². The smallest absolute Gasteiger partial charge is 0.306 e. The second kappa shape index (κ2) is 38.9. The van der Waals surface area contributed by atoms with Gasteiger partial charge in [0.25, 0.3) is 0 Å².